The summed E-state index contributed by atoms with van der Waals surface area (Å²) in [5, 5.41) is 2.08. The SMILES string of the molecule is CCOC(=O)c1cc(C)c2ccc(OCc3ccccc3)cc2c1.CCOC(C)=O. The van der Waals surface area contributed by atoms with E-state index in [4.69, 9.17) is 9.47 Å². The third-order valence-electron chi connectivity index (χ3n) is 4.24. The Morgan fingerprint density at radius 2 is 1.57 bits per heavy atom. The Kier molecular flexibility index (Phi) is 8.88. The number of esters is 2. The number of carbonyl (C=O) groups is 2. The predicted molar refractivity (Wildman–Crippen MR) is 118 cm³/mol. The van der Waals surface area contributed by atoms with Crippen LogP contribution in [0, 0.1) is 6.92 Å². The molecule has 3 aromatic carbocycles. The topological polar surface area (TPSA) is 61.8 Å². The Labute approximate surface area is 177 Å². The highest BCUT2D eigenvalue weighted by molar-refractivity contribution is 5.97. The molecule has 0 bridgehead atoms. The van der Waals surface area contributed by atoms with E-state index in [0.717, 1.165) is 27.6 Å². The first-order valence-electron chi connectivity index (χ1n) is 9.96. The molecule has 0 heterocycles. The Hall–Kier alpha value is -3.34. The molecule has 0 aliphatic carbocycles. The van der Waals surface area contributed by atoms with E-state index in [9.17, 15) is 9.59 Å². The first-order chi connectivity index (χ1) is 14.4. The molecule has 0 N–H and O–H groups in total. The van der Waals surface area contributed by atoms with Crippen molar-refractivity contribution in [3.05, 3.63) is 77.4 Å². The van der Waals surface area contributed by atoms with Gasteiger partial charge in [-0.3, -0.25) is 4.79 Å². The van der Waals surface area contributed by atoms with E-state index in [0.29, 0.717) is 25.4 Å². The maximum Gasteiger partial charge on any atom is 0.338 e. The van der Waals surface area contributed by atoms with Crippen molar-refractivity contribution < 1.29 is 23.8 Å². The maximum absolute atomic E-state index is 12.0. The minimum absolute atomic E-state index is 0.211. The van der Waals surface area contributed by atoms with Gasteiger partial charge < -0.3 is 14.2 Å². The highest BCUT2D eigenvalue weighted by Crippen LogP contribution is 2.26. The standard InChI is InChI=1S/C21H20O3.C4H8O2/c1-3-23-21(22)18-11-15(2)20-10-9-19(13-17(20)12-18)24-14-16-7-5-4-6-8-16;1-3-6-4(2)5/h4-13H,3,14H2,1-2H3;3H2,1-2H3. The third kappa shape index (κ3) is 6.92. The molecule has 0 saturated heterocycles. The summed E-state index contributed by atoms with van der Waals surface area (Å²) in [6.07, 6.45) is 0. The second-order valence-electron chi connectivity index (χ2n) is 6.60. The van der Waals surface area contributed by atoms with Gasteiger partial charge >= 0.3 is 11.9 Å². The van der Waals surface area contributed by atoms with Gasteiger partial charge in [0.15, 0.2) is 0 Å². The largest absolute Gasteiger partial charge is 0.489 e. The third-order valence-corrected chi connectivity index (χ3v) is 4.24. The Bertz CT molecular complexity index is 980. The van der Waals surface area contributed by atoms with Gasteiger partial charge in [0, 0.05) is 6.92 Å². The summed E-state index contributed by atoms with van der Waals surface area (Å²) >= 11 is 0. The van der Waals surface area contributed by atoms with E-state index in [1.54, 1.807) is 13.8 Å². The van der Waals surface area contributed by atoms with Gasteiger partial charge in [0.2, 0.25) is 0 Å². The minimum Gasteiger partial charge on any atom is -0.489 e. The molecule has 3 aromatic rings. The van der Waals surface area contributed by atoms with E-state index in [1.165, 1.54) is 6.92 Å². The van der Waals surface area contributed by atoms with Gasteiger partial charge in [-0.05, 0) is 66.9 Å². The fourth-order valence-corrected chi connectivity index (χ4v) is 2.91. The van der Waals surface area contributed by atoms with E-state index >= 15 is 0 Å². The summed E-state index contributed by atoms with van der Waals surface area (Å²) in [6, 6.07) is 19.7. The number of aryl methyl sites for hydroxylation is 1. The van der Waals surface area contributed by atoms with Crippen molar-refractivity contribution >= 4 is 22.7 Å². The number of hydrogen-bond acceptors (Lipinski definition) is 5. The van der Waals surface area contributed by atoms with Crippen molar-refractivity contribution in [1.29, 1.82) is 0 Å². The number of carbonyl (C=O) groups excluding carboxylic acids is 2. The van der Waals surface area contributed by atoms with Gasteiger partial charge in [-0.15, -0.1) is 0 Å². The fourth-order valence-electron chi connectivity index (χ4n) is 2.91. The minimum atomic E-state index is -0.293. The number of ether oxygens (including phenoxy) is 3. The smallest absolute Gasteiger partial charge is 0.338 e. The summed E-state index contributed by atoms with van der Waals surface area (Å²) in [6.45, 7) is 8.34. The van der Waals surface area contributed by atoms with Gasteiger partial charge in [0.1, 0.15) is 12.4 Å². The van der Waals surface area contributed by atoms with Crippen LogP contribution in [0.3, 0.4) is 0 Å². The molecule has 0 spiro atoms. The highest BCUT2D eigenvalue weighted by atomic mass is 16.5. The van der Waals surface area contributed by atoms with E-state index in [2.05, 4.69) is 4.74 Å². The lowest BCUT2D eigenvalue weighted by Gasteiger charge is -2.10. The molecule has 3 rings (SSSR count). The monoisotopic (exact) mass is 408 g/mol. The van der Waals surface area contributed by atoms with Crippen LogP contribution in [0.2, 0.25) is 0 Å². The van der Waals surface area contributed by atoms with Crippen molar-refractivity contribution in [2.24, 2.45) is 0 Å². The van der Waals surface area contributed by atoms with Crippen LogP contribution in [0.4, 0.5) is 0 Å². The van der Waals surface area contributed by atoms with E-state index in [1.807, 2.05) is 67.6 Å². The van der Waals surface area contributed by atoms with E-state index in [-0.39, 0.29) is 11.9 Å². The summed E-state index contributed by atoms with van der Waals surface area (Å²) in [5.74, 6) is 0.280. The second-order valence-corrected chi connectivity index (χ2v) is 6.60. The summed E-state index contributed by atoms with van der Waals surface area (Å²) in [4.78, 5) is 21.8. The molecule has 5 heteroatoms. The van der Waals surface area contributed by atoms with Crippen molar-refractivity contribution in [3.63, 3.8) is 0 Å². The highest BCUT2D eigenvalue weighted by Gasteiger charge is 2.10. The quantitative estimate of drug-likeness (QED) is 0.506. The fraction of sp³-hybridized carbons (Fsp3) is 0.280. The van der Waals surface area contributed by atoms with Gasteiger partial charge in [-0.1, -0.05) is 36.4 Å². The van der Waals surface area contributed by atoms with Gasteiger partial charge in [-0.25, -0.2) is 4.79 Å². The van der Waals surface area contributed by atoms with Crippen LogP contribution in [-0.4, -0.2) is 25.2 Å². The molecule has 0 amide bonds. The van der Waals surface area contributed by atoms with Crippen LogP contribution in [0.25, 0.3) is 10.8 Å². The Balaban J connectivity index is 0.000000469. The molecular weight excluding hydrogens is 380 g/mol. The zero-order valence-electron chi connectivity index (χ0n) is 17.9. The summed E-state index contributed by atoms with van der Waals surface area (Å²) in [5.41, 5.74) is 2.74. The summed E-state index contributed by atoms with van der Waals surface area (Å²) in [7, 11) is 0. The molecule has 0 aliphatic rings. The van der Waals surface area contributed by atoms with Crippen LogP contribution >= 0.6 is 0 Å². The van der Waals surface area contributed by atoms with Gasteiger partial charge in [0.25, 0.3) is 0 Å². The number of hydrogen-bond donors (Lipinski definition) is 0. The van der Waals surface area contributed by atoms with Crippen LogP contribution in [0.5, 0.6) is 5.75 Å². The van der Waals surface area contributed by atoms with Crippen LogP contribution in [0.15, 0.2) is 60.7 Å². The lowest BCUT2D eigenvalue weighted by Crippen LogP contribution is -2.05. The lowest BCUT2D eigenvalue weighted by molar-refractivity contribution is -0.140. The van der Waals surface area contributed by atoms with Crippen molar-refractivity contribution in [3.8, 4) is 5.75 Å². The normalized spacial score (nSPS) is 10.0. The molecule has 0 atom stereocenters. The molecule has 30 heavy (non-hydrogen) atoms. The van der Waals surface area contributed by atoms with Gasteiger partial charge in [-0.2, -0.15) is 0 Å². The first kappa shape index (κ1) is 22.9. The molecule has 0 aliphatic heterocycles. The zero-order valence-corrected chi connectivity index (χ0v) is 17.9. The van der Waals surface area contributed by atoms with Crippen molar-refractivity contribution in [1.82, 2.24) is 0 Å². The van der Waals surface area contributed by atoms with Crippen molar-refractivity contribution in [2.45, 2.75) is 34.3 Å². The average molecular weight is 408 g/mol. The number of rotatable bonds is 6. The first-order valence-corrected chi connectivity index (χ1v) is 9.96. The molecule has 0 radical (unpaired) electrons. The van der Waals surface area contributed by atoms with Crippen LogP contribution < -0.4 is 4.74 Å². The molecule has 5 nitrogen and oxygen atoms in total. The molecule has 0 fully saturated rings. The van der Waals surface area contributed by atoms with Crippen LogP contribution in [0.1, 0.15) is 42.3 Å². The lowest BCUT2D eigenvalue weighted by atomic mass is 10.0. The Morgan fingerprint density at radius 3 is 2.17 bits per heavy atom. The number of fused-ring (bicyclic) bond motifs is 1. The molecule has 0 aromatic heterocycles. The number of benzene rings is 3. The molecular formula is C25H28O5. The van der Waals surface area contributed by atoms with E-state index < -0.39 is 0 Å². The molecule has 158 valence electrons. The zero-order chi connectivity index (χ0) is 21.9. The second kappa shape index (κ2) is 11.6. The molecule has 0 saturated carbocycles. The summed E-state index contributed by atoms with van der Waals surface area (Å²) < 4.78 is 15.4. The maximum atomic E-state index is 12.0. The van der Waals surface area contributed by atoms with Crippen molar-refractivity contribution in [2.75, 3.05) is 13.2 Å². The predicted octanol–water partition coefficient (Wildman–Crippen LogP) is 5.47. The molecule has 0 unspecified atom stereocenters. The van der Waals surface area contributed by atoms with Gasteiger partial charge in [0.05, 0.1) is 18.8 Å². The van der Waals surface area contributed by atoms with Crippen LogP contribution in [-0.2, 0) is 20.9 Å². The Morgan fingerprint density at radius 1 is 0.867 bits per heavy atom. The average Bonchev–Trinajstić information content (AvgIpc) is 2.73.